The summed E-state index contributed by atoms with van der Waals surface area (Å²) in [5, 5.41) is 42.7. The molecule has 0 radical (unpaired) electrons. The van der Waals surface area contributed by atoms with Crippen LogP contribution in [0.3, 0.4) is 0 Å². The molecule has 11 heteroatoms. The first-order chi connectivity index (χ1) is 14.8. The van der Waals surface area contributed by atoms with Crippen molar-refractivity contribution in [3.05, 3.63) is 79.9 Å². The maximum Gasteiger partial charge on any atom is 0.339 e. The first-order valence-corrected chi connectivity index (χ1v) is 9.43. The van der Waals surface area contributed by atoms with Crippen LogP contribution in [0.25, 0.3) is 0 Å². The van der Waals surface area contributed by atoms with Crippen LogP contribution < -0.4 is 0 Å². The summed E-state index contributed by atoms with van der Waals surface area (Å²) in [4.78, 5) is 32.6. The zero-order valence-electron chi connectivity index (χ0n) is 16.2. The number of esters is 1. The first kappa shape index (κ1) is 22.3. The molecule has 2 aromatic rings. The van der Waals surface area contributed by atoms with E-state index in [1.165, 1.54) is 0 Å². The van der Waals surface area contributed by atoms with Crippen molar-refractivity contribution in [1.82, 2.24) is 0 Å². The van der Waals surface area contributed by atoms with E-state index in [9.17, 15) is 35.2 Å². The monoisotopic (exact) mass is 432 g/mol. The number of nitro benzene ring substituents is 2. The minimum absolute atomic E-state index is 0.167. The van der Waals surface area contributed by atoms with E-state index < -0.39 is 57.2 Å². The Labute approximate surface area is 176 Å². The molecule has 0 spiro atoms. The Kier molecular flexibility index (Phi) is 6.90. The van der Waals surface area contributed by atoms with E-state index in [0.29, 0.717) is 0 Å². The number of carbonyl (C=O) groups excluding carboxylic acids is 1. The fourth-order valence-corrected chi connectivity index (χ4v) is 3.33. The molecular weight excluding hydrogens is 412 g/mol. The van der Waals surface area contributed by atoms with Gasteiger partial charge in [0.1, 0.15) is 18.3 Å². The topological polar surface area (TPSA) is 162 Å². The summed E-state index contributed by atoms with van der Waals surface area (Å²) in [5.41, 5.74) is -0.783. The van der Waals surface area contributed by atoms with Crippen LogP contribution in [-0.2, 0) is 16.1 Å². The van der Waals surface area contributed by atoms with Gasteiger partial charge in [0.2, 0.25) is 0 Å². The smallest absolute Gasteiger partial charge is 0.339 e. The lowest BCUT2D eigenvalue weighted by Crippen LogP contribution is -2.51. The van der Waals surface area contributed by atoms with Gasteiger partial charge in [0.15, 0.2) is 0 Å². The van der Waals surface area contributed by atoms with Gasteiger partial charge in [0.05, 0.1) is 34.2 Å². The summed E-state index contributed by atoms with van der Waals surface area (Å²) in [5.74, 6) is -1.08. The van der Waals surface area contributed by atoms with Gasteiger partial charge in [0.25, 0.3) is 11.4 Å². The number of hydrogen-bond donors (Lipinski definition) is 2. The molecule has 2 aromatic carbocycles. The Morgan fingerprint density at radius 2 is 1.48 bits per heavy atom. The van der Waals surface area contributed by atoms with Crippen molar-refractivity contribution in [2.75, 3.05) is 0 Å². The van der Waals surface area contributed by atoms with Gasteiger partial charge in [-0.2, -0.15) is 0 Å². The fraction of sp³-hybridized carbons (Fsp3) is 0.350. The van der Waals surface area contributed by atoms with Crippen molar-refractivity contribution in [2.24, 2.45) is 0 Å². The zero-order chi connectivity index (χ0) is 22.5. The van der Waals surface area contributed by atoms with Gasteiger partial charge in [-0.05, 0) is 18.4 Å². The third kappa shape index (κ3) is 5.40. The average Bonchev–Trinajstić information content (AvgIpc) is 2.76. The minimum atomic E-state index is -1.45. The van der Waals surface area contributed by atoms with E-state index in [1.807, 2.05) is 30.3 Å². The third-order valence-electron chi connectivity index (χ3n) is 4.97. The van der Waals surface area contributed by atoms with E-state index in [-0.39, 0.29) is 19.4 Å². The Morgan fingerprint density at radius 3 is 2.06 bits per heavy atom. The van der Waals surface area contributed by atoms with Crippen LogP contribution in [0.4, 0.5) is 11.4 Å². The van der Waals surface area contributed by atoms with Gasteiger partial charge >= 0.3 is 5.97 Å². The Morgan fingerprint density at radius 1 is 0.935 bits per heavy atom. The van der Waals surface area contributed by atoms with E-state index in [4.69, 9.17) is 9.47 Å². The molecule has 0 bridgehead atoms. The van der Waals surface area contributed by atoms with Crippen LogP contribution in [0, 0.1) is 20.2 Å². The third-order valence-corrected chi connectivity index (χ3v) is 4.97. The van der Waals surface area contributed by atoms with Gasteiger partial charge in [-0.1, -0.05) is 30.3 Å². The fourth-order valence-electron chi connectivity index (χ4n) is 3.33. The van der Waals surface area contributed by atoms with Crippen LogP contribution >= 0.6 is 0 Å². The summed E-state index contributed by atoms with van der Waals surface area (Å²) in [6, 6.07) is 11.7. The van der Waals surface area contributed by atoms with E-state index in [1.54, 1.807) is 0 Å². The molecule has 31 heavy (non-hydrogen) atoms. The van der Waals surface area contributed by atoms with Crippen LogP contribution in [0.15, 0.2) is 48.5 Å². The zero-order valence-corrected chi connectivity index (χ0v) is 16.2. The molecule has 4 atom stereocenters. The highest BCUT2D eigenvalue weighted by Gasteiger charge is 2.40. The lowest BCUT2D eigenvalue weighted by Gasteiger charge is -2.36. The normalized spacial score (nSPS) is 23.2. The maximum absolute atomic E-state index is 12.4. The number of aliphatic hydroxyl groups is 2. The summed E-state index contributed by atoms with van der Waals surface area (Å²) < 4.78 is 10.9. The molecule has 3 rings (SSSR count). The van der Waals surface area contributed by atoms with Crippen molar-refractivity contribution < 1.29 is 34.3 Å². The quantitative estimate of drug-likeness (QED) is 0.379. The van der Waals surface area contributed by atoms with E-state index in [0.717, 1.165) is 23.8 Å². The molecule has 11 nitrogen and oxygen atoms in total. The number of nitrogens with zero attached hydrogens (tertiary/aromatic N) is 2. The summed E-state index contributed by atoms with van der Waals surface area (Å²) in [6.45, 7) is 0.233. The minimum Gasteiger partial charge on any atom is -0.456 e. The molecule has 1 aliphatic rings. The molecule has 2 N–H and O–H groups in total. The van der Waals surface area contributed by atoms with Gasteiger partial charge < -0.3 is 19.7 Å². The molecule has 164 valence electrons. The van der Waals surface area contributed by atoms with E-state index in [2.05, 4.69) is 0 Å². The average molecular weight is 432 g/mol. The Balaban J connectivity index is 1.65. The summed E-state index contributed by atoms with van der Waals surface area (Å²) >= 11 is 0. The number of nitro groups is 2. The highest BCUT2D eigenvalue weighted by molar-refractivity contribution is 5.91. The molecule has 0 unspecified atom stereocenters. The number of ether oxygens (including phenoxy) is 2. The van der Waals surface area contributed by atoms with Crippen molar-refractivity contribution in [3.63, 3.8) is 0 Å². The largest absolute Gasteiger partial charge is 0.456 e. The number of benzene rings is 2. The molecule has 0 heterocycles. The molecule has 0 saturated heterocycles. The first-order valence-electron chi connectivity index (χ1n) is 9.43. The Hall–Kier alpha value is -3.41. The Bertz CT molecular complexity index is 934. The SMILES string of the molecule is O=C(O[C@H]1CC[C@H](OCc2ccccc2)[C@H](O)[C@@H]1O)c1cc([N+](=O)[O-])cc([N+](=O)[O-])c1. The molecule has 0 amide bonds. The van der Waals surface area contributed by atoms with Gasteiger partial charge in [0, 0.05) is 12.1 Å². The number of aliphatic hydroxyl groups excluding tert-OH is 2. The standard InChI is InChI=1S/C20H20N2O9/c23-18-16(30-11-12-4-2-1-3-5-12)6-7-17(19(18)24)31-20(25)13-8-14(21(26)27)10-15(9-13)22(28)29/h1-5,8-10,16-19,23-24H,6-7,11H2/t16-,17-,18-,19+/m0/s1. The van der Waals surface area contributed by atoms with Gasteiger partial charge in [-0.3, -0.25) is 20.2 Å². The predicted octanol–water partition coefficient (Wildman–Crippen LogP) is 2.13. The van der Waals surface area contributed by atoms with Crippen molar-refractivity contribution >= 4 is 17.3 Å². The number of hydrogen-bond acceptors (Lipinski definition) is 9. The van der Waals surface area contributed by atoms with Crippen LogP contribution in [0.1, 0.15) is 28.8 Å². The number of carbonyl (C=O) groups is 1. The van der Waals surface area contributed by atoms with Gasteiger partial charge in [-0.15, -0.1) is 0 Å². The molecule has 0 aromatic heterocycles. The molecular formula is C20H20N2O9. The van der Waals surface area contributed by atoms with Crippen molar-refractivity contribution in [2.45, 2.75) is 43.9 Å². The number of non-ortho nitro benzene ring substituents is 2. The maximum atomic E-state index is 12.4. The highest BCUT2D eigenvalue weighted by atomic mass is 16.6. The second-order valence-corrected chi connectivity index (χ2v) is 7.09. The lowest BCUT2D eigenvalue weighted by molar-refractivity contribution is -0.394. The molecule has 0 aliphatic heterocycles. The summed E-state index contributed by atoms with van der Waals surface area (Å²) in [7, 11) is 0. The van der Waals surface area contributed by atoms with E-state index >= 15 is 0 Å². The summed E-state index contributed by atoms with van der Waals surface area (Å²) in [6.07, 6.45) is -4.10. The van der Waals surface area contributed by atoms with Gasteiger partial charge in [-0.25, -0.2) is 4.79 Å². The molecule has 1 aliphatic carbocycles. The second-order valence-electron chi connectivity index (χ2n) is 7.09. The van der Waals surface area contributed by atoms with Crippen molar-refractivity contribution in [1.29, 1.82) is 0 Å². The number of rotatable bonds is 7. The highest BCUT2D eigenvalue weighted by Crippen LogP contribution is 2.28. The lowest BCUT2D eigenvalue weighted by atomic mass is 9.89. The van der Waals surface area contributed by atoms with Crippen LogP contribution in [0.2, 0.25) is 0 Å². The van der Waals surface area contributed by atoms with Crippen LogP contribution in [-0.4, -0.2) is 50.4 Å². The predicted molar refractivity (Wildman–Crippen MR) is 105 cm³/mol. The molecule has 1 saturated carbocycles. The molecule has 1 fully saturated rings. The second kappa shape index (κ2) is 9.60. The van der Waals surface area contributed by atoms with Crippen molar-refractivity contribution in [3.8, 4) is 0 Å². The van der Waals surface area contributed by atoms with Crippen LogP contribution in [0.5, 0.6) is 0 Å².